The molecule has 0 radical (unpaired) electrons. The van der Waals surface area contributed by atoms with Gasteiger partial charge in [0.25, 0.3) is 0 Å². The molecule has 0 aromatic carbocycles. The molecule has 0 heterocycles. The number of phosphoric acid groups is 1. The van der Waals surface area contributed by atoms with Gasteiger partial charge in [-0.3, -0.25) is 4.52 Å². The number of carboxylic acids is 2. The van der Waals surface area contributed by atoms with Crippen LogP contribution in [0.4, 0.5) is 0 Å². The van der Waals surface area contributed by atoms with Crippen LogP contribution in [0.15, 0.2) is 146 Å². The van der Waals surface area contributed by atoms with Crippen LogP contribution >= 0.6 is 7.82 Å². The summed E-state index contributed by atoms with van der Waals surface area (Å²) in [4.78, 5) is 36.6. The zero-order chi connectivity index (χ0) is 43.6. The van der Waals surface area contributed by atoms with Crippen molar-refractivity contribution in [3.8, 4) is 0 Å². The SMILES string of the molecule is CCCCCCCCCC=CC=CC=CC=CC=CC=CC(=O)O.CCCCCCCCCC=CC=CC=CC=CC=CC=CC(=O)O.O=P(O)(O)OC[C@H](O)CO. The number of unbranched alkanes of at least 4 members (excludes halogenated alkanes) is 14. The molecule has 6 N–H and O–H groups in total. The monoisotopic (exact) mass is 828 g/mol. The van der Waals surface area contributed by atoms with Gasteiger partial charge in [-0.2, -0.15) is 0 Å². The molecule has 58 heavy (non-hydrogen) atoms. The lowest BCUT2D eigenvalue weighted by Gasteiger charge is -2.07. The van der Waals surface area contributed by atoms with Gasteiger partial charge in [0.05, 0.1) is 13.2 Å². The molecule has 1 atom stereocenters. The van der Waals surface area contributed by atoms with Gasteiger partial charge in [0.1, 0.15) is 6.10 Å². The van der Waals surface area contributed by atoms with E-state index in [0.29, 0.717) is 0 Å². The summed E-state index contributed by atoms with van der Waals surface area (Å²) in [6.45, 7) is 3.36. The molecule has 326 valence electrons. The maximum absolute atomic E-state index is 10.2. The molecule has 0 unspecified atom stereocenters. The molecule has 0 aromatic rings. The van der Waals surface area contributed by atoms with Crippen LogP contribution in [-0.2, 0) is 18.7 Å². The number of allylic oxidation sites excluding steroid dienone is 22. The Morgan fingerprint density at radius 2 is 0.759 bits per heavy atom. The lowest BCUT2D eigenvalue weighted by molar-refractivity contribution is -0.132. The van der Waals surface area contributed by atoms with Crippen molar-refractivity contribution < 1.29 is 48.9 Å². The molecule has 0 aliphatic carbocycles. The molecule has 0 aliphatic heterocycles. The zero-order valence-electron chi connectivity index (χ0n) is 34.9. The Kier molecular flexibility index (Phi) is 49.1. The number of carboxylic acid groups (broad SMARTS) is 2. The van der Waals surface area contributed by atoms with Crippen LogP contribution in [-0.4, -0.2) is 61.5 Å². The molecule has 0 bridgehead atoms. The summed E-state index contributed by atoms with van der Waals surface area (Å²) in [5.41, 5.74) is 0. The number of aliphatic hydroxyl groups excluding tert-OH is 2. The van der Waals surface area contributed by atoms with Crippen molar-refractivity contribution >= 4 is 19.8 Å². The number of phosphoric ester groups is 1. The summed E-state index contributed by atoms with van der Waals surface area (Å²) in [7, 11) is -4.50. The minimum atomic E-state index is -4.50. The van der Waals surface area contributed by atoms with Crippen LogP contribution in [0.3, 0.4) is 0 Å². The third-order valence-electron chi connectivity index (χ3n) is 7.34. The average Bonchev–Trinajstić information content (AvgIpc) is 3.18. The van der Waals surface area contributed by atoms with Crippen LogP contribution in [0.25, 0.3) is 0 Å². The average molecular weight is 829 g/mol. The van der Waals surface area contributed by atoms with E-state index in [-0.39, 0.29) is 0 Å². The van der Waals surface area contributed by atoms with Crippen molar-refractivity contribution in [3.63, 3.8) is 0 Å². The van der Waals surface area contributed by atoms with Crippen LogP contribution in [0, 0.1) is 0 Å². The van der Waals surface area contributed by atoms with Gasteiger partial charge in [0.2, 0.25) is 0 Å². The standard InChI is InChI=1S/2C22H32O2.C3H9O6P/c2*1-2-3-4-5-6-7-8-9-10-11-12-13-14-15-16-17-18-19-20-21-22(23)24;4-1-3(5)2-9-10(6,7)8/h2*10-21H,2-9H2,1H3,(H,23,24);3-5H,1-2H2,(H2,6,7,8)/t;;3-/m..1/s1. The Bertz CT molecular complexity index is 1280. The van der Waals surface area contributed by atoms with Gasteiger partial charge in [0.15, 0.2) is 0 Å². The molecule has 0 spiro atoms. The van der Waals surface area contributed by atoms with Crippen molar-refractivity contribution in [2.45, 2.75) is 123 Å². The zero-order valence-corrected chi connectivity index (χ0v) is 35.8. The fraction of sp³-hybridized carbons (Fsp3) is 0.447. The molecule has 0 amide bonds. The van der Waals surface area contributed by atoms with Gasteiger partial charge >= 0.3 is 19.8 Å². The van der Waals surface area contributed by atoms with Gasteiger partial charge in [-0.25, -0.2) is 14.2 Å². The largest absolute Gasteiger partial charge is 0.478 e. The lowest BCUT2D eigenvalue weighted by Crippen LogP contribution is -2.18. The van der Waals surface area contributed by atoms with E-state index >= 15 is 0 Å². The molecule has 0 aromatic heterocycles. The molecule has 0 saturated carbocycles. The Balaban J connectivity index is -0.000000847. The molecule has 0 aliphatic rings. The van der Waals surface area contributed by atoms with Crippen LogP contribution in [0.2, 0.25) is 0 Å². The summed E-state index contributed by atoms with van der Waals surface area (Å²) in [6.07, 6.45) is 64.2. The van der Waals surface area contributed by atoms with Gasteiger partial charge in [0, 0.05) is 12.2 Å². The Morgan fingerprint density at radius 3 is 1.03 bits per heavy atom. The highest BCUT2D eigenvalue weighted by molar-refractivity contribution is 7.46. The molecule has 0 saturated heterocycles. The Hall–Kier alpha value is -4.15. The first-order valence-electron chi connectivity index (χ1n) is 20.4. The first-order valence-corrected chi connectivity index (χ1v) is 22.0. The second kappa shape index (κ2) is 49.0. The Morgan fingerprint density at radius 1 is 0.483 bits per heavy atom. The number of hydrogen-bond donors (Lipinski definition) is 6. The second-order valence-electron chi connectivity index (χ2n) is 12.8. The maximum Gasteiger partial charge on any atom is 0.469 e. The van der Waals surface area contributed by atoms with Crippen LogP contribution in [0.5, 0.6) is 0 Å². The summed E-state index contributed by atoms with van der Waals surface area (Å²) >= 11 is 0. The van der Waals surface area contributed by atoms with Crippen molar-refractivity contribution in [2.24, 2.45) is 0 Å². The smallest absolute Gasteiger partial charge is 0.469 e. The molecule has 11 heteroatoms. The van der Waals surface area contributed by atoms with E-state index in [0.717, 1.165) is 25.0 Å². The fourth-order valence-electron chi connectivity index (χ4n) is 4.33. The summed E-state index contributed by atoms with van der Waals surface area (Å²) in [5.74, 6) is -1.87. The van der Waals surface area contributed by atoms with E-state index in [4.69, 9.17) is 30.2 Å². The number of aliphatic hydroxyl groups is 2. The highest BCUT2D eigenvalue weighted by Crippen LogP contribution is 2.35. The minimum Gasteiger partial charge on any atom is -0.478 e. The van der Waals surface area contributed by atoms with E-state index in [1.807, 2.05) is 72.9 Å². The third-order valence-corrected chi connectivity index (χ3v) is 7.83. The van der Waals surface area contributed by atoms with Crippen molar-refractivity contribution in [1.82, 2.24) is 0 Å². The van der Waals surface area contributed by atoms with Crippen LogP contribution < -0.4 is 0 Å². The lowest BCUT2D eigenvalue weighted by atomic mass is 10.1. The first kappa shape index (κ1) is 58.2. The van der Waals surface area contributed by atoms with Gasteiger partial charge < -0.3 is 30.2 Å². The number of aliphatic carboxylic acids is 2. The first-order chi connectivity index (χ1) is 28.0. The van der Waals surface area contributed by atoms with Gasteiger partial charge in [-0.05, 0) is 25.7 Å². The quantitative estimate of drug-likeness (QED) is 0.0165. The number of rotatable bonds is 32. The highest BCUT2D eigenvalue weighted by Gasteiger charge is 2.15. The predicted molar refractivity (Wildman–Crippen MR) is 241 cm³/mol. The normalized spacial score (nSPS) is 13.4. The van der Waals surface area contributed by atoms with Gasteiger partial charge in [-0.1, -0.05) is 225 Å². The summed E-state index contributed by atoms with van der Waals surface area (Å²) < 4.78 is 13.8. The molecule has 10 nitrogen and oxygen atoms in total. The van der Waals surface area contributed by atoms with E-state index in [1.165, 1.54) is 102 Å². The van der Waals surface area contributed by atoms with Crippen molar-refractivity contribution in [2.75, 3.05) is 13.2 Å². The minimum absolute atomic E-state index is 0.569. The predicted octanol–water partition coefficient (Wildman–Crippen LogP) is 11.5. The maximum atomic E-state index is 10.2. The topological polar surface area (TPSA) is 182 Å². The molecule has 0 fully saturated rings. The van der Waals surface area contributed by atoms with Crippen LogP contribution in [0.1, 0.15) is 117 Å². The van der Waals surface area contributed by atoms with Crippen molar-refractivity contribution in [3.05, 3.63) is 146 Å². The fourth-order valence-corrected chi connectivity index (χ4v) is 4.69. The number of hydrogen-bond acceptors (Lipinski definition) is 6. The molecule has 0 rings (SSSR count). The van der Waals surface area contributed by atoms with E-state index in [2.05, 4.69) is 42.7 Å². The summed E-state index contributed by atoms with van der Waals surface area (Å²) in [5, 5.41) is 33.4. The summed E-state index contributed by atoms with van der Waals surface area (Å²) in [6, 6.07) is 0. The van der Waals surface area contributed by atoms with E-state index in [9.17, 15) is 14.2 Å². The Labute approximate surface area is 349 Å². The molecular formula is C47H73O10P. The second-order valence-corrected chi connectivity index (χ2v) is 14.0. The van der Waals surface area contributed by atoms with E-state index < -0.39 is 39.1 Å². The molecular weight excluding hydrogens is 755 g/mol. The van der Waals surface area contributed by atoms with E-state index in [1.54, 1.807) is 24.3 Å². The van der Waals surface area contributed by atoms with Crippen molar-refractivity contribution in [1.29, 1.82) is 0 Å². The third kappa shape index (κ3) is 63.8. The highest BCUT2D eigenvalue weighted by atomic mass is 31.2. The van der Waals surface area contributed by atoms with Gasteiger partial charge in [-0.15, -0.1) is 0 Å². The number of carbonyl (C=O) groups is 2.